The molecule has 174 valence electrons. The topological polar surface area (TPSA) is 87.0 Å². The maximum Gasteiger partial charge on any atom is 0.241 e. The van der Waals surface area contributed by atoms with Crippen molar-refractivity contribution in [3.8, 4) is 0 Å². The van der Waals surface area contributed by atoms with Crippen LogP contribution in [0.4, 0.5) is 11.4 Å². The van der Waals surface area contributed by atoms with Crippen LogP contribution in [-0.4, -0.2) is 48.3 Å². The Labute approximate surface area is 195 Å². The summed E-state index contributed by atoms with van der Waals surface area (Å²) in [4.78, 5) is 43.5. The summed E-state index contributed by atoms with van der Waals surface area (Å²) in [5.74, 6) is -0.342. The van der Waals surface area contributed by atoms with Crippen LogP contribution in [0.3, 0.4) is 0 Å². The van der Waals surface area contributed by atoms with Crippen LogP contribution >= 0.6 is 0 Å². The van der Waals surface area contributed by atoms with Gasteiger partial charge in [-0.1, -0.05) is 36.4 Å². The maximum atomic E-state index is 13.8. The van der Waals surface area contributed by atoms with Gasteiger partial charge in [0.05, 0.1) is 12.6 Å². The molecule has 0 radical (unpaired) electrons. The number of likely N-dealkylation sites (tertiary alicyclic amines) is 1. The summed E-state index contributed by atoms with van der Waals surface area (Å²) in [5, 5.41) is 0. The molecule has 0 aromatic heterocycles. The van der Waals surface area contributed by atoms with Gasteiger partial charge in [0.15, 0.2) is 0 Å². The Kier molecular flexibility index (Phi) is 6.79. The molecule has 1 fully saturated rings. The Morgan fingerprint density at radius 3 is 2.27 bits per heavy atom. The van der Waals surface area contributed by atoms with Crippen LogP contribution in [0.1, 0.15) is 44.7 Å². The molecule has 0 bridgehead atoms. The van der Waals surface area contributed by atoms with Crippen molar-refractivity contribution in [2.24, 2.45) is 11.7 Å². The standard InChI is InChI=1S/C26H32N4O3/c1-18-16-24(22-10-6-7-11-23(22)29(18)19(2)31)30(21-8-4-3-5-9-21)25(32)17-28-14-12-20(13-15-28)26(27)33/h3-11,18,20,24H,12-17H2,1-2H3,(H2,27,33)/t18-,24-/m1/s1. The van der Waals surface area contributed by atoms with E-state index in [1.165, 1.54) is 0 Å². The minimum Gasteiger partial charge on any atom is -0.369 e. The van der Waals surface area contributed by atoms with Crippen LogP contribution in [0.2, 0.25) is 0 Å². The largest absolute Gasteiger partial charge is 0.369 e. The number of fused-ring (bicyclic) bond motifs is 1. The fourth-order valence-electron chi connectivity index (χ4n) is 5.24. The van der Waals surface area contributed by atoms with E-state index in [0.717, 1.165) is 16.9 Å². The highest BCUT2D eigenvalue weighted by atomic mass is 16.2. The Morgan fingerprint density at radius 1 is 1.00 bits per heavy atom. The lowest BCUT2D eigenvalue weighted by Gasteiger charge is -2.44. The fourth-order valence-corrected chi connectivity index (χ4v) is 5.24. The summed E-state index contributed by atoms with van der Waals surface area (Å²) in [6.45, 7) is 5.26. The number of carbonyl (C=O) groups is 3. The number of nitrogens with two attached hydrogens (primary N) is 1. The first-order valence-electron chi connectivity index (χ1n) is 11.6. The van der Waals surface area contributed by atoms with Crippen molar-refractivity contribution in [3.05, 3.63) is 60.2 Å². The Hall–Kier alpha value is -3.19. The Morgan fingerprint density at radius 2 is 1.64 bits per heavy atom. The number of nitrogens with zero attached hydrogens (tertiary/aromatic N) is 3. The van der Waals surface area contributed by atoms with Crippen LogP contribution in [0.15, 0.2) is 54.6 Å². The molecular weight excluding hydrogens is 416 g/mol. The predicted octanol–water partition coefficient (Wildman–Crippen LogP) is 3.10. The second kappa shape index (κ2) is 9.75. The Bertz CT molecular complexity index is 1020. The van der Waals surface area contributed by atoms with Crippen molar-refractivity contribution in [2.75, 3.05) is 29.4 Å². The third-order valence-electron chi connectivity index (χ3n) is 6.86. The minimum atomic E-state index is -0.255. The number of primary amides is 1. The van der Waals surface area contributed by atoms with Gasteiger partial charge in [0.1, 0.15) is 0 Å². The maximum absolute atomic E-state index is 13.8. The van der Waals surface area contributed by atoms with E-state index in [1.807, 2.05) is 71.3 Å². The summed E-state index contributed by atoms with van der Waals surface area (Å²) in [7, 11) is 0. The quantitative estimate of drug-likeness (QED) is 0.762. The third kappa shape index (κ3) is 4.78. The number of amides is 3. The number of piperidine rings is 1. The first kappa shape index (κ1) is 23.0. The van der Waals surface area contributed by atoms with Gasteiger partial charge in [-0.05, 0) is 63.0 Å². The molecule has 7 nitrogen and oxygen atoms in total. The number of para-hydroxylation sites is 2. The van der Waals surface area contributed by atoms with Gasteiger partial charge in [-0.2, -0.15) is 0 Å². The van der Waals surface area contributed by atoms with Crippen molar-refractivity contribution in [1.29, 1.82) is 0 Å². The molecule has 2 aromatic rings. The first-order chi connectivity index (χ1) is 15.9. The Balaban J connectivity index is 1.64. The molecule has 4 rings (SSSR count). The van der Waals surface area contributed by atoms with Gasteiger partial charge in [0.2, 0.25) is 17.7 Å². The zero-order valence-corrected chi connectivity index (χ0v) is 19.3. The molecule has 2 N–H and O–H groups in total. The van der Waals surface area contributed by atoms with Crippen molar-refractivity contribution in [1.82, 2.24) is 4.90 Å². The van der Waals surface area contributed by atoms with E-state index in [-0.39, 0.29) is 42.3 Å². The molecule has 2 aliphatic rings. The van der Waals surface area contributed by atoms with Crippen LogP contribution in [0.5, 0.6) is 0 Å². The zero-order chi connectivity index (χ0) is 23.5. The number of carbonyl (C=O) groups excluding carboxylic acids is 3. The normalized spacial score (nSPS) is 21.3. The molecule has 1 saturated heterocycles. The van der Waals surface area contributed by atoms with Gasteiger partial charge in [-0.25, -0.2) is 0 Å². The molecule has 0 saturated carbocycles. The highest BCUT2D eigenvalue weighted by Gasteiger charge is 2.38. The first-order valence-corrected chi connectivity index (χ1v) is 11.6. The molecule has 0 spiro atoms. The van der Waals surface area contributed by atoms with E-state index >= 15 is 0 Å². The monoisotopic (exact) mass is 448 g/mol. The summed E-state index contributed by atoms with van der Waals surface area (Å²) in [6, 6.07) is 17.4. The average Bonchev–Trinajstić information content (AvgIpc) is 2.80. The van der Waals surface area contributed by atoms with Gasteiger partial charge >= 0.3 is 0 Å². The predicted molar refractivity (Wildman–Crippen MR) is 129 cm³/mol. The van der Waals surface area contributed by atoms with Crippen LogP contribution in [0.25, 0.3) is 0 Å². The molecule has 3 amide bonds. The SMILES string of the molecule is CC(=O)N1c2ccccc2[C@H](N(C(=O)CN2CCC(C(N)=O)CC2)c2ccccc2)C[C@H]1C. The van der Waals surface area contributed by atoms with E-state index in [9.17, 15) is 14.4 Å². The van der Waals surface area contributed by atoms with Crippen molar-refractivity contribution < 1.29 is 14.4 Å². The highest BCUT2D eigenvalue weighted by Crippen LogP contribution is 2.42. The summed E-state index contributed by atoms with van der Waals surface area (Å²) < 4.78 is 0. The molecule has 33 heavy (non-hydrogen) atoms. The lowest BCUT2D eigenvalue weighted by atomic mass is 9.89. The van der Waals surface area contributed by atoms with E-state index in [2.05, 4.69) is 4.90 Å². The molecule has 0 unspecified atom stereocenters. The minimum absolute atomic E-state index is 0.00306. The highest BCUT2D eigenvalue weighted by molar-refractivity contribution is 5.98. The number of hydrogen-bond acceptors (Lipinski definition) is 4. The van der Waals surface area contributed by atoms with Crippen molar-refractivity contribution in [2.45, 2.75) is 45.2 Å². The zero-order valence-electron chi connectivity index (χ0n) is 19.3. The van der Waals surface area contributed by atoms with E-state index in [1.54, 1.807) is 6.92 Å². The molecular formula is C26H32N4O3. The summed E-state index contributed by atoms with van der Waals surface area (Å²) in [5.41, 5.74) is 8.16. The van der Waals surface area contributed by atoms with Gasteiger partial charge in [0, 0.05) is 30.3 Å². The van der Waals surface area contributed by atoms with Gasteiger partial charge in [-0.15, -0.1) is 0 Å². The van der Waals surface area contributed by atoms with Crippen LogP contribution in [0, 0.1) is 5.92 Å². The second-order valence-electron chi connectivity index (χ2n) is 9.10. The van der Waals surface area contributed by atoms with Crippen molar-refractivity contribution >= 4 is 29.1 Å². The fraction of sp³-hybridized carbons (Fsp3) is 0.423. The molecule has 2 aliphatic heterocycles. The lowest BCUT2D eigenvalue weighted by molar-refractivity contribution is -0.123. The van der Waals surface area contributed by atoms with Gasteiger partial charge < -0.3 is 15.5 Å². The lowest BCUT2D eigenvalue weighted by Crippen LogP contribution is -2.50. The summed E-state index contributed by atoms with van der Waals surface area (Å²) in [6.07, 6.45) is 2.02. The van der Waals surface area contributed by atoms with Crippen LogP contribution < -0.4 is 15.5 Å². The molecule has 7 heteroatoms. The number of benzene rings is 2. The summed E-state index contributed by atoms with van der Waals surface area (Å²) >= 11 is 0. The van der Waals surface area contributed by atoms with Gasteiger partial charge in [-0.3, -0.25) is 19.3 Å². The van der Waals surface area contributed by atoms with Crippen LogP contribution in [-0.2, 0) is 14.4 Å². The number of rotatable bonds is 5. The van der Waals surface area contributed by atoms with E-state index in [0.29, 0.717) is 32.4 Å². The van der Waals surface area contributed by atoms with Crippen molar-refractivity contribution in [3.63, 3.8) is 0 Å². The van der Waals surface area contributed by atoms with Gasteiger partial charge in [0.25, 0.3) is 0 Å². The van der Waals surface area contributed by atoms with E-state index < -0.39 is 0 Å². The molecule has 0 aliphatic carbocycles. The molecule has 2 aromatic carbocycles. The molecule has 2 heterocycles. The average molecular weight is 449 g/mol. The number of hydrogen-bond donors (Lipinski definition) is 1. The smallest absolute Gasteiger partial charge is 0.241 e. The van der Waals surface area contributed by atoms with E-state index in [4.69, 9.17) is 5.73 Å². The third-order valence-corrected chi connectivity index (χ3v) is 6.86. The number of anilines is 2. The molecule has 2 atom stereocenters. The second-order valence-corrected chi connectivity index (χ2v) is 9.10.